The number of hydrogen-bond acceptors (Lipinski definition) is 4. The Morgan fingerprint density at radius 2 is 2.18 bits per heavy atom. The highest BCUT2D eigenvalue weighted by Gasteiger charge is 2.20. The maximum atomic E-state index is 5.70. The molecule has 4 N–H and O–H groups in total. The van der Waals surface area contributed by atoms with Crippen LogP contribution in [0.25, 0.3) is 11.0 Å². The maximum Gasteiger partial charge on any atom is 0.110 e. The van der Waals surface area contributed by atoms with Gasteiger partial charge in [0.1, 0.15) is 5.52 Å². The van der Waals surface area contributed by atoms with Gasteiger partial charge in [0, 0.05) is 12.5 Å². The Morgan fingerprint density at radius 3 is 2.94 bits per heavy atom. The van der Waals surface area contributed by atoms with E-state index in [0.29, 0.717) is 12.5 Å². The predicted molar refractivity (Wildman–Crippen MR) is 66.6 cm³/mol. The number of nitrogens with one attached hydrogen (secondary N) is 2. The van der Waals surface area contributed by atoms with Gasteiger partial charge in [-0.3, -0.25) is 4.98 Å². The average molecular weight is 231 g/mol. The van der Waals surface area contributed by atoms with Gasteiger partial charge in [-0.1, -0.05) is 0 Å². The number of H-pyrrole nitrogens is 1. The smallest absolute Gasteiger partial charge is 0.110 e. The summed E-state index contributed by atoms with van der Waals surface area (Å²) in [6.07, 6.45) is 3.99. The van der Waals surface area contributed by atoms with Crippen LogP contribution in [0.1, 0.15) is 30.1 Å². The molecule has 3 heterocycles. The van der Waals surface area contributed by atoms with Gasteiger partial charge in [-0.05, 0) is 32.0 Å². The standard InChI is InChI=1S/C12H17N5/c13-6-9-5-10-12(16-7-15-10)11(17-9)8-1-3-14-4-2-8/h5,7-8,14H,1-4,6,13H2,(H,15,16). The highest BCUT2D eigenvalue weighted by atomic mass is 14.9. The quantitative estimate of drug-likeness (QED) is 0.717. The number of piperidine rings is 1. The topological polar surface area (TPSA) is 79.6 Å². The molecule has 0 amide bonds. The van der Waals surface area contributed by atoms with Crippen LogP contribution in [0.3, 0.4) is 0 Å². The second-order valence-electron chi connectivity index (χ2n) is 4.53. The van der Waals surface area contributed by atoms with Gasteiger partial charge in [-0.25, -0.2) is 4.98 Å². The van der Waals surface area contributed by atoms with Crippen LogP contribution >= 0.6 is 0 Å². The van der Waals surface area contributed by atoms with Crippen molar-refractivity contribution < 1.29 is 0 Å². The normalized spacial score (nSPS) is 17.7. The number of nitrogens with two attached hydrogens (primary N) is 1. The molecule has 3 rings (SSSR count). The molecule has 1 saturated heterocycles. The van der Waals surface area contributed by atoms with Crippen LogP contribution in [0.2, 0.25) is 0 Å². The monoisotopic (exact) mass is 231 g/mol. The van der Waals surface area contributed by atoms with E-state index in [0.717, 1.165) is 48.4 Å². The van der Waals surface area contributed by atoms with Crippen molar-refractivity contribution in [3.05, 3.63) is 23.8 Å². The molecule has 0 spiro atoms. The van der Waals surface area contributed by atoms with Crippen LogP contribution in [0.15, 0.2) is 12.4 Å². The summed E-state index contributed by atoms with van der Waals surface area (Å²) in [5.41, 5.74) is 9.81. The minimum absolute atomic E-state index is 0.479. The largest absolute Gasteiger partial charge is 0.344 e. The highest BCUT2D eigenvalue weighted by molar-refractivity contribution is 5.77. The SMILES string of the molecule is NCc1cc2[nH]cnc2c(C2CCNCC2)n1. The molecule has 1 fully saturated rings. The lowest BCUT2D eigenvalue weighted by atomic mass is 9.93. The fourth-order valence-corrected chi connectivity index (χ4v) is 2.51. The van der Waals surface area contributed by atoms with E-state index < -0.39 is 0 Å². The predicted octanol–water partition coefficient (Wildman–Crippen LogP) is 0.884. The number of aromatic amines is 1. The second kappa shape index (κ2) is 4.43. The van der Waals surface area contributed by atoms with Crippen LogP contribution in [0, 0.1) is 0 Å². The third-order valence-electron chi connectivity index (χ3n) is 3.42. The van der Waals surface area contributed by atoms with Crippen molar-refractivity contribution in [2.75, 3.05) is 13.1 Å². The molecule has 5 nitrogen and oxygen atoms in total. The number of nitrogens with zero attached hydrogens (tertiary/aromatic N) is 2. The Balaban J connectivity index is 2.08. The van der Waals surface area contributed by atoms with Crippen LogP contribution in [0.5, 0.6) is 0 Å². The molecule has 0 atom stereocenters. The van der Waals surface area contributed by atoms with Gasteiger partial charge >= 0.3 is 0 Å². The molecule has 1 aliphatic rings. The molecule has 5 heteroatoms. The first-order valence-corrected chi connectivity index (χ1v) is 6.12. The Hall–Kier alpha value is -1.46. The lowest BCUT2D eigenvalue weighted by Gasteiger charge is -2.22. The number of fused-ring (bicyclic) bond motifs is 1. The number of rotatable bonds is 2. The van der Waals surface area contributed by atoms with Crippen molar-refractivity contribution >= 4 is 11.0 Å². The van der Waals surface area contributed by atoms with E-state index in [1.165, 1.54) is 0 Å². The molecule has 0 saturated carbocycles. The summed E-state index contributed by atoms with van der Waals surface area (Å²) in [6, 6.07) is 1.99. The molecule has 0 aromatic carbocycles. The van der Waals surface area contributed by atoms with E-state index in [9.17, 15) is 0 Å². The minimum Gasteiger partial charge on any atom is -0.344 e. The van der Waals surface area contributed by atoms with Gasteiger partial charge in [0.2, 0.25) is 0 Å². The Kier molecular flexibility index (Phi) is 2.78. The van der Waals surface area contributed by atoms with Crippen molar-refractivity contribution in [1.29, 1.82) is 0 Å². The van der Waals surface area contributed by atoms with Crippen LogP contribution in [-0.2, 0) is 6.54 Å². The van der Waals surface area contributed by atoms with Crippen LogP contribution in [-0.4, -0.2) is 28.0 Å². The van der Waals surface area contributed by atoms with Gasteiger partial charge in [0.15, 0.2) is 0 Å². The average Bonchev–Trinajstić information content (AvgIpc) is 2.86. The Labute approximate surface area is 99.8 Å². The first kappa shape index (κ1) is 10.7. The molecule has 0 unspecified atom stereocenters. The number of hydrogen-bond donors (Lipinski definition) is 3. The van der Waals surface area contributed by atoms with E-state index in [-0.39, 0.29) is 0 Å². The van der Waals surface area contributed by atoms with Gasteiger partial charge in [-0.15, -0.1) is 0 Å². The Bertz CT molecular complexity index is 513. The zero-order chi connectivity index (χ0) is 11.7. The highest BCUT2D eigenvalue weighted by Crippen LogP contribution is 2.28. The van der Waals surface area contributed by atoms with E-state index in [1.54, 1.807) is 6.33 Å². The molecular weight excluding hydrogens is 214 g/mol. The van der Waals surface area contributed by atoms with Crippen molar-refractivity contribution in [1.82, 2.24) is 20.3 Å². The summed E-state index contributed by atoms with van der Waals surface area (Å²) >= 11 is 0. The number of pyridine rings is 1. The minimum atomic E-state index is 0.479. The number of aromatic nitrogens is 3. The summed E-state index contributed by atoms with van der Waals surface area (Å²) in [7, 11) is 0. The summed E-state index contributed by atoms with van der Waals surface area (Å²) in [5, 5.41) is 3.37. The lowest BCUT2D eigenvalue weighted by Crippen LogP contribution is -2.27. The van der Waals surface area contributed by atoms with Gasteiger partial charge in [-0.2, -0.15) is 0 Å². The van der Waals surface area contributed by atoms with Gasteiger partial charge in [0.05, 0.1) is 23.2 Å². The summed E-state index contributed by atoms with van der Waals surface area (Å²) in [6.45, 7) is 2.60. The van der Waals surface area contributed by atoms with Gasteiger partial charge < -0.3 is 16.0 Å². The second-order valence-corrected chi connectivity index (χ2v) is 4.53. The fourth-order valence-electron chi connectivity index (χ4n) is 2.51. The van der Waals surface area contributed by atoms with Crippen molar-refractivity contribution in [2.24, 2.45) is 5.73 Å². The number of imidazole rings is 1. The molecule has 17 heavy (non-hydrogen) atoms. The van der Waals surface area contributed by atoms with Gasteiger partial charge in [0.25, 0.3) is 0 Å². The van der Waals surface area contributed by atoms with E-state index in [1.807, 2.05) is 6.07 Å². The van der Waals surface area contributed by atoms with E-state index >= 15 is 0 Å². The van der Waals surface area contributed by atoms with Crippen molar-refractivity contribution in [2.45, 2.75) is 25.3 Å². The van der Waals surface area contributed by atoms with Crippen LogP contribution < -0.4 is 11.1 Å². The van der Waals surface area contributed by atoms with Crippen molar-refractivity contribution in [3.8, 4) is 0 Å². The molecule has 0 aliphatic carbocycles. The Morgan fingerprint density at radius 1 is 1.35 bits per heavy atom. The maximum absolute atomic E-state index is 5.70. The molecule has 0 radical (unpaired) electrons. The summed E-state index contributed by atoms with van der Waals surface area (Å²) < 4.78 is 0. The molecule has 1 aliphatic heterocycles. The zero-order valence-electron chi connectivity index (χ0n) is 9.74. The lowest BCUT2D eigenvalue weighted by molar-refractivity contribution is 0.454. The van der Waals surface area contributed by atoms with Crippen LogP contribution in [0.4, 0.5) is 0 Å². The fraction of sp³-hybridized carbons (Fsp3) is 0.500. The molecule has 0 bridgehead atoms. The molecule has 2 aromatic rings. The van der Waals surface area contributed by atoms with E-state index in [4.69, 9.17) is 5.73 Å². The summed E-state index contributed by atoms with van der Waals surface area (Å²) in [5.74, 6) is 0.508. The summed E-state index contributed by atoms with van der Waals surface area (Å²) in [4.78, 5) is 12.2. The molecule has 90 valence electrons. The van der Waals surface area contributed by atoms with E-state index in [2.05, 4.69) is 20.3 Å². The van der Waals surface area contributed by atoms with Crippen molar-refractivity contribution in [3.63, 3.8) is 0 Å². The first-order chi connectivity index (χ1) is 8.38. The third kappa shape index (κ3) is 1.92. The molecular formula is C12H17N5. The zero-order valence-corrected chi connectivity index (χ0v) is 9.74. The third-order valence-corrected chi connectivity index (χ3v) is 3.42. The first-order valence-electron chi connectivity index (χ1n) is 6.12. The molecule has 2 aromatic heterocycles.